The maximum Gasteiger partial charge on any atom is 0.272 e. The number of nitrogens with zero attached hydrogens (tertiary/aromatic N) is 3. The van der Waals surface area contributed by atoms with Crippen LogP contribution in [0.2, 0.25) is 0 Å². The first-order valence-corrected chi connectivity index (χ1v) is 10.9. The number of benzene rings is 3. The number of nitro groups is 1. The predicted molar refractivity (Wildman–Crippen MR) is 126 cm³/mol. The molecule has 164 valence electrons. The summed E-state index contributed by atoms with van der Waals surface area (Å²) in [7, 11) is 2.06. The summed E-state index contributed by atoms with van der Waals surface area (Å²) in [4.78, 5) is 28.3. The van der Waals surface area contributed by atoms with Crippen LogP contribution in [0.1, 0.15) is 21.5 Å². The van der Waals surface area contributed by atoms with Crippen LogP contribution < -0.4 is 0 Å². The highest BCUT2D eigenvalue weighted by atomic mass is 16.6. The molecule has 3 aromatic rings. The summed E-state index contributed by atoms with van der Waals surface area (Å²) < 4.78 is 0. The minimum atomic E-state index is -0.322. The third kappa shape index (κ3) is 5.03. The first-order chi connectivity index (χ1) is 15.5. The SMILES string of the molecule is CN1CCN(C(=O)c2cccc(-c3ccc([N+](=O)[O-])c(CCc4ccccc4)c3)c2)CC1. The van der Waals surface area contributed by atoms with Crippen LogP contribution in [0.25, 0.3) is 11.1 Å². The number of carbonyl (C=O) groups excluding carboxylic acids is 1. The molecule has 0 aromatic heterocycles. The molecular formula is C26H27N3O3. The van der Waals surface area contributed by atoms with Gasteiger partial charge in [-0.3, -0.25) is 14.9 Å². The van der Waals surface area contributed by atoms with Crippen LogP contribution in [-0.2, 0) is 12.8 Å². The lowest BCUT2D eigenvalue weighted by molar-refractivity contribution is -0.385. The number of hydrogen-bond acceptors (Lipinski definition) is 4. The molecule has 0 saturated carbocycles. The van der Waals surface area contributed by atoms with Gasteiger partial charge in [0, 0.05) is 43.4 Å². The topological polar surface area (TPSA) is 66.7 Å². The molecule has 32 heavy (non-hydrogen) atoms. The molecule has 0 N–H and O–H groups in total. The molecule has 1 aliphatic heterocycles. The molecule has 0 radical (unpaired) electrons. The van der Waals surface area contributed by atoms with Gasteiger partial charge >= 0.3 is 0 Å². The second-order valence-corrected chi connectivity index (χ2v) is 8.26. The minimum Gasteiger partial charge on any atom is -0.336 e. The molecule has 1 amide bonds. The van der Waals surface area contributed by atoms with Crippen molar-refractivity contribution in [1.82, 2.24) is 9.80 Å². The lowest BCUT2D eigenvalue weighted by Crippen LogP contribution is -2.47. The minimum absolute atomic E-state index is 0.0335. The zero-order chi connectivity index (χ0) is 22.5. The summed E-state index contributed by atoms with van der Waals surface area (Å²) in [6.45, 7) is 3.19. The summed E-state index contributed by atoms with van der Waals surface area (Å²) in [5.41, 5.74) is 4.40. The lowest BCUT2D eigenvalue weighted by atomic mass is 9.96. The number of rotatable bonds is 6. The van der Waals surface area contributed by atoms with Crippen molar-refractivity contribution in [3.05, 3.63) is 99.6 Å². The van der Waals surface area contributed by atoms with E-state index in [9.17, 15) is 14.9 Å². The van der Waals surface area contributed by atoms with E-state index < -0.39 is 0 Å². The highest BCUT2D eigenvalue weighted by Gasteiger charge is 2.21. The molecule has 0 spiro atoms. The molecule has 1 heterocycles. The van der Waals surface area contributed by atoms with Crippen LogP contribution >= 0.6 is 0 Å². The van der Waals surface area contributed by atoms with Gasteiger partial charge in [0.25, 0.3) is 11.6 Å². The molecule has 1 saturated heterocycles. The third-order valence-corrected chi connectivity index (χ3v) is 6.04. The Morgan fingerprint density at radius 2 is 1.59 bits per heavy atom. The van der Waals surface area contributed by atoms with Gasteiger partial charge in [0.15, 0.2) is 0 Å². The highest BCUT2D eigenvalue weighted by molar-refractivity contribution is 5.95. The van der Waals surface area contributed by atoms with Crippen molar-refractivity contribution >= 4 is 11.6 Å². The molecule has 6 heteroatoms. The summed E-state index contributed by atoms with van der Waals surface area (Å²) in [5, 5.41) is 11.6. The van der Waals surface area contributed by atoms with Gasteiger partial charge in [-0.05, 0) is 60.8 Å². The van der Waals surface area contributed by atoms with Gasteiger partial charge < -0.3 is 9.80 Å². The Morgan fingerprint density at radius 1 is 0.875 bits per heavy atom. The Bertz CT molecular complexity index is 1110. The predicted octanol–water partition coefficient (Wildman–Crippen LogP) is 4.43. The Kier molecular flexibility index (Phi) is 6.61. The van der Waals surface area contributed by atoms with Crippen molar-refractivity contribution in [3.63, 3.8) is 0 Å². The van der Waals surface area contributed by atoms with Crippen molar-refractivity contribution in [1.29, 1.82) is 0 Å². The second kappa shape index (κ2) is 9.75. The number of piperazine rings is 1. The van der Waals surface area contributed by atoms with E-state index >= 15 is 0 Å². The zero-order valence-corrected chi connectivity index (χ0v) is 18.2. The first kappa shape index (κ1) is 21.7. The largest absolute Gasteiger partial charge is 0.336 e. The number of hydrogen-bond donors (Lipinski definition) is 0. The molecule has 0 bridgehead atoms. The van der Waals surface area contributed by atoms with Crippen molar-refractivity contribution in [2.45, 2.75) is 12.8 Å². The van der Waals surface area contributed by atoms with Crippen LogP contribution in [0.3, 0.4) is 0 Å². The molecule has 0 aliphatic carbocycles. The first-order valence-electron chi connectivity index (χ1n) is 10.9. The molecule has 3 aromatic carbocycles. The average Bonchev–Trinajstić information content (AvgIpc) is 2.83. The Labute approximate surface area is 188 Å². The highest BCUT2D eigenvalue weighted by Crippen LogP contribution is 2.28. The van der Waals surface area contributed by atoms with Gasteiger partial charge in [-0.2, -0.15) is 0 Å². The van der Waals surface area contributed by atoms with Crippen LogP contribution in [0.5, 0.6) is 0 Å². The van der Waals surface area contributed by atoms with E-state index in [1.54, 1.807) is 12.1 Å². The lowest BCUT2D eigenvalue weighted by Gasteiger charge is -2.32. The van der Waals surface area contributed by atoms with E-state index in [2.05, 4.69) is 11.9 Å². The van der Waals surface area contributed by atoms with Crippen molar-refractivity contribution in [2.75, 3.05) is 33.2 Å². The maximum absolute atomic E-state index is 13.0. The molecule has 0 atom stereocenters. The zero-order valence-electron chi connectivity index (χ0n) is 18.2. The smallest absolute Gasteiger partial charge is 0.272 e. The van der Waals surface area contributed by atoms with Crippen LogP contribution in [-0.4, -0.2) is 53.9 Å². The van der Waals surface area contributed by atoms with E-state index in [4.69, 9.17) is 0 Å². The van der Waals surface area contributed by atoms with E-state index in [-0.39, 0.29) is 16.5 Å². The van der Waals surface area contributed by atoms with Crippen LogP contribution in [0, 0.1) is 10.1 Å². The number of nitro benzene ring substituents is 1. The number of carbonyl (C=O) groups is 1. The second-order valence-electron chi connectivity index (χ2n) is 8.26. The standard InChI is InChI=1S/C26H27N3O3/c1-27-14-16-28(17-15-27)26(30)24-9-5-8-21(19-24)22-12-13-25(29(31)32)23(18-22)11-10-20-6-3-2-4-7-20/h2-9,12-13,18-19H,10-11,14-17H2,1H3. The molecule has 1 fully saturated rings. The molecule has 4 rings (SSSR count). The fraction of sp³-hybridized carbons (Fsp3) is 0.269. The van der Waals surface area contributed by atoms with Crippen LogP contribution in [0.4, 0.5) is 5.69 Å². The Balaban J connectivity index is 1.58. The van der Waals surface area contributed by atoms with Gasteiger partial charge in [-0.15, -0.1) is 0 Å². The molecule has 6 nitrogen and oxygen atoms in total. The fourth-order valence-electron chi connectivity index (χ4n) is 4.09. The van der Waals surface area contributed by atoms with Gasteiger partial charge in [0.2, 0.25) is 0 Å². The number of amides is 1. The van der Waals surface area contributed by atoms with Gasteiger partial charge in [0.05, 0.1) is 4.92 Å². The maximum atomic E-state index is 13.0. The van der Waals surface area contributed by atoms with E-state index in [1.165, 1.54) is 0 Å². The van der Waals surface area contributed by atoms with E-state index in [1.807, 2.05) is 65.6 Å². The van der Waals surface area contributed by atoms with Gasteiger partial charge in [-0.25, -0.2) is 0 Å². The van der Waals surface area contributed by atoms with Crippen LogP contribution in [0.15, 0.2) is 72.8 Å². The molecular weight excluding hydrogens is 402 g/mol. The van der Waals surface area contributed by atoms with Crippen molar-refractivity contribution < 1.29 is 9.72 Å². The quantitative estimate of drug-likeness (QED) is 0.429. The van der Waals surface area contributed by atoms with Gasteiger partial charge in [0.1, 0.15) is 0 Å². The van der Waals surface area contributed by atoms with Crippen molar-refractivity contribution in [2.24, 2.45) is 0 Å². The monoisotopic (exact) mass is 429 g/mol. The normalized spacial score (nSPS) is 14.3. The summed E-state index contributed by atoms with van der Waals surface area (Å²) >= 11 is 0. The van der Waals surface area contributed by atoms with E-state index in [0.717, 1.165) is 49.3 Å². The number of likely N-dealkylation sites (N-methyl/N-ethyl adjacent to an activating group) is 1. The average molecular weight is 430 g/mol. The van der Waals surface area contributed by atoms with Crippen molar-refractivity contribution in [3.8, 4) is 11.1 Å². The molecule has 0 unspecified atom stereocenters. The summed E-state index contributed by atoms with van der Waals surface area (Å²) in [6.07, 6.45) is 1.31. The summed E-state index contributed by atoms with van der Waals surface area (Å²) in [5.74, 6) is 0.0335. The third-order valence-electron chi connectivity index (χ3n) is 6.04. The van der Waals surface area contributed by atoms with E-state index in [0.29, 0.717) is 17.5 Å². The molecule has 1 aliphatic rings. The number of aryl methyl sites for hydroxylation is 2. The van der Waals surface area contributed by atoms with Gasteiger partial charge in [-0.1, -0.05) is 42.5 Å². The Hall–Kier alpha value is -3.51. The summed E-state index contributed by atoms with van der Waals surface area (Å²) in [6, 6.07) is 22.8. The fourth-order valence-corrected chi connectivity index (χ4v) is 4.09. The Morgan fingerprint density at radius 3 is 2.31 bits per heavy atom.